The molecule has 1 saturated heterocycles. The van der Waals surface area contributed by atoms with E-state index in [1.165, 1.54) is 6.92 Å². The number of hydrogen-bond acceptors (Lipinski definition) is 4. The average Bonchev–Trinajstić information content (AvgIpc) is 2.86. The van der Waals surface area contributed by atoms with Crippen molar-refractivity contribution in [3.8, 4) is 0 Å². The Bertz CT molecular complexity index is 628. The molecular formula is C22H36O5. The van der Waals surface area contributed by atoms with Gasteiger partial charge in [0.05, 0.1) is 17.6 Å². The van der Waals surface area contributed by atoms with Gasteiger partial charge in [0.1, 0.15) is 6.10 Å². The van der Waals surface area contributed by atoms with E-state index in [9.17, 15) is 14.7 Å². The van der Waals surface area contributed by atoms with Crippen molar-refractivity contribution in [3.05, 3.63) is 0 Å². The highest BCUT2D eigenvalue weighted by atomic mass is 16.5. The number of ether oxygens (including phenoxy) is 2. The fraction of sp³-hybridized carbons (Fsp3) is 0.909. The topological polar surface area (TPSA) is 72.8 Å². The summed E-state index contributed by atoms with van der Waals surface area (Å²) in [5.74, 6) is -0.220. The fourth-order valence-electron chi connectivity index (χ4n) is 7.03. The Hall–Kier alpha value is -1.10. The van der Waals surface area contributed by atoms with Crippen LogP contribution in [0.4, 0.5) is 0 Å². The summed E-state index contributed by atoms with van der Waals surface area (Å²) < 4.78 is 12.5. The molecule has 3 aliphatic rings. The Kier molecular flexibility index (Phi) is 4.94. The molecule has 1 spiro atoms. The zero-order valence-electron chi connectivity index (χ0n) is 17.8. The van der Waals surface area contributed by atoms with Crippen molar-refractivity contribution in [2.75, 3.05) is 0 Å². The van der Waals surface area contributed by atoms with Gasteiger partial charge in [0.25, 0.3) is 0 Å². The largest absolute Gasteiger partial charge is 0.481 e. The molecule has 1 aliphatic heterocycles. The normalized spacial score (nSPS) is 46.1. The van der Waals surface area contributed by atoms with E-state index >= 15 is 0 Å². The van der Waals surface area contributed by atoms with E-state index in [1.807, 2.05) is 6.92 Å². The third-order valence-electron chi connectivity index (χ3n) is 8.36. The molecule has 6 atom stereocenters. The first-order chi connectivity index (χ1) is 12.4. The summed E-state index contributed by atoms with van der Waals surface area (Å²) in [5.41, 5.74) is -1.05. The molecule has 0 amide bonds. The number of fused-ring (bicyclic) bond motifs is 2. The second-order valence-electron chi connectivity index (χ2n) is 10.4. The quantitative estimate of drug-likeness (QED) is 0.726. The molecule has 0 aromatic carbocycles. The lowest BCUT2D eigenvalue weighted by Crippen LogP contribution is -2.65. The predicted octanol–water partition coefficient (Wildman–Crippen LogP) is 4.57. The molecule has 3 rings (SSSR count). The molecule has 0 radical (unpaired) electrons. The summed E-state index contributed by atoms with van der Waals surface area (Å²) >= 11 is 0. The van der Waals surface area contributed by atoms with Crippen LogP contribution in [0.5, 0.6) is 0 Å². The van der Waals surface area contributed by atoms with E-state index < -0.39 is 11.6 Å². The van der Waals surface area contributed by atoms with E-state index in [2.05, 4.69) is 27.7 Å². The van der Waals surface area contributed by atoms with E-state index in [0.717, 1.165) is 38.5 Å². The Morgan fingerprint density at radius 1 is 1.07 bits per heavy atom. The van der Waals surface area contributed by atoms with E-state index in [0.29, 0.717) is 11.8 Å². The minimum Gasteiger partial charge on any atom is -0.481 e. The van der Waals surface area contributed by atoms with Crippen molar-refractivity contribution in [1.29, 1.82) is 0 Å². The van der Waals surface area contributed by atoms with Gasteiger partial charge < -0.3 is 14.6 Å². The standard InChI is InChI=1S/C22H36O5/c1-14-7-8-16-19(3,4)17(26-15(2)23)9-10-21(16,6)22(14)12-11-20(5,27-22)13-18(24)25/h14,16-17H,7-13H2,1-6H3,(H,24,25)/t14-,16-,17+,20+,21-,22+/m0/s1. The van der Waals surface area contributed by atoms with Gasteiger partial charge in [-0.05, 0) is 57.3 Å². The van der Waals surface area contributed by atoms with Crippen LogP contribution in [0.15, 0.2) is 0 Å². The molecule has 5 nitrogen and oxygen atoms in total. The van der Waals surface area contributed by atoms with Crippen LogP contribution in [0, 0.1) is 22.7 Å². The maximum Gasteiger partial charge on any atom is 0.306 e. The van der Waals surface area contributed by atoms with Crippen molar-refractivity contribution >= 4 is 11.9 Å². The molecule has 0 aromatic heterocycles. The van der Waals surface area contributed by atoms with Gasteiger partial charge >= 0.3 is 11.9 Å². The van der Waals surface area contributed by atoms with Crippen molar-refractivity contribution in [2.24, 2.45) is 22.7 Å². The molecule has 0 unspecified atom stereocenters. The van der Waals surface area contributed by atoms with Gasteiger partial charge in [-0.2, -0.15) is 0 Å². The lowest BCUT2D eigenvalue weighted by Gasteiger charge is -2.65. The highest BCUT2D eigenvalue weighted by Gasteiger charge is 2.68. The van der Waals surface area contributed by atoms with Gasteiger partial charge in [0, 0.05) is 17.8 Å². The molecule has 1 heterocycles. The van der Waals surface area contributed by atoms with Crippen LogP contribution in [0.2, 0.25) is 0 Å². The van der Waals surface area contributed by atoms with Gasteiger partial charge in [-0.25, -0.2) is 0 Å². The number of hydrogen-bond donors (Lipinski definition) is 1. The number of carboxylic acid groups (broad SMARTS) is 1. The molecule has 2 saturated carbocycles. The summed E-state index contributed by atoms with van der Waals surface area (Å²) in [5, 5.41) is 9.36. The van der Waals surface area contributed by atoms with Crippen LogP contribution < -0.4 is 0 Å². The minimum atomic E-state index is -0.793. The van der Waals surface area contributed by atoms with Crippen molar-refractivity contribution in [1.82, 2.24) is 0 Å². The fourth-order valence-corrected chi connectivity index (χ4v) is 7.03. The minimum absolute atomic E-state index is 0.0406. The van der Waals surface area contributed by atoms with Crippen LogP contribution in [-0.4, -0.2) is 34.4 Å². The van der Waals surface area contributed by atoms with Gasteiger partial charge in [-0.1, -0.05) is 27.7 Å². The Labute approximate surface area is 163 Å². The first-order valence-electron chi connectivity index (χ1n) is 10.5. The van der Waals surface area contributed by atoms with Gasteiger partial charge in [-0.15, -0.1) is 0 Å². The Morgan fingerprint density at radius 3 is 2.33 bits per heavy atom. The van der Waals surface area contributed by atoms with Crippen molar-refractivity contribution in [3.63, 3.8) is 0 Å². The molecule has 0 bridgehead atoms. The van der Waals surface area contributed by atoms with Crippen LogP contribution in [0.1, 0.15) is 86.5 Å². The lowest BCUT2D eigenvalue weighted by molar-refractivity contribution is -0.260. The second-order valence-corrected chi connectivity index (χ2v) is 10.4. The third kappa shape index (κ3) is 3.10. The van der Waals surface area contributed by atoms with Crippen LogP contribution in [-0.2, 0) is 19.1 Å². The molecule has 3 fully saturated rings. The first-order valence-corrected chi connectivity index (χ1v) is 10.5. The molecule has 154 valence electrons. The van der Waals surface area contributed by atoms with E-state index in [1.54, 1.807) is 0 Å². The number of aliphatic carboxylic acids is 1. The lowest BCUT2D eigenvalue weighted by atomic mass is 9.44. The molecule has 5 heteroatoms. The number of carbonyl (C=O) groups is 2. The zero-order chi connectivity index (χ0) is 20.3. The second kappa shape index (κ2) is 6.47. The Balaban J connectivity index is 1.96. The van der Waals surface area contributed by atoms with Gasteiger partial charge in [0.15, 0.2) is 0 Å². The maximum absolute atomic E-state index is 11.6. The number of carboxylic acids is 1. The molecule has 27 heavy (non-hydrogen) atoms. The summed E-state index contributed by atoms with van der Waals surface area (Å²) in [6.45, 7) is 12.6. The molecular weight excluding hydrogens is 344 g/mol. The highest BCUT2D eigenvalue weighted by Crippen LogP contribution is 2.68. The maximum atomic E-state index is 11.6. The summed E-state index contributed by atoms with van der Waals surface area (Å²) in [4.78, 5) is 23.0. The highest BCUT2D eigenvalue weighted by molar-refractivity contribution is 5.68. The Morgan fingerprint density at radius 2 is 1.74 bits per heavy atom. The van der Waals surface area contributed by atoms with Crippen molar-refractivity contribution < 1.29 is 24.2 Å². The summed E-state index contributed by atoms with van der Waals surface area (Å²) in [6.07, 6.45) is 5.66. The number of carbonyl (C=O) groups excluding carboxylic acids is 1. The predicted molar refractivity (Wildman–Crippen MR) is 102 cm³/mol. The monoisotopic (exact) mass is 380 g/mol. The number of rotatable bonds is 3. The van der Waals surface area contributed by atoms with Crippen molar-refractivity contribution in [2.45, 2.75) is 104 Å². The zero-order valence-corrected chi connectivity index (χ0v) is 17.8. The van der Waals surface area contributed by atoms with Crippen LogP contribution in [0.25, 0.3) is 0 Å². The van der Waals surface area contributed by atoms with Crippen LogP contribution >= 0.6 is 0 Å². The van der Waals surface area contributed by atoms with E-state index in [4.69, 9.17) is 9.47 Å². The smallest absolute Gasteiger partial charge is 0.306 e. The van der Waals surface area contributed by atoms with Gasteiger partial charge in [-0.3, -0.25) is 9.59 Å². The summed E-state index contributed by atoms with van der Waals surface area (Å²) in [6, 6.07) is 0. The van der Waals surface area contributed by atoms with E-state index in [-0.39, 0.29) is 34.9 Å². The van der Waals surface area contributed by atoms with Gasteiger partial charge in [0.2, 0.25) is 0 Å². The molecule has 0 aromatic rings. The molecule has 2 aliphatic carbocycles. The number of esters is 1. The third-order valence-corrected chi connectivity index (χ3v) is 8.36. The first kappa shape index (κ1) is 20.6. The average molecular weight is 381 g/mol. The van der Waals surface area contributed by atoms with Crippen LogP contribution in [0.3, 0.4) is 0 Å². The molecule has 1 N–H and O–H groups in total. The SMILES string of the molecule is CC(=O)O[C@@H]1CC[C@@]2(C)[C@@H](CC[C@H](C)[C@]23CC[C@](C)(CC(=O)O)O3)C1(C)C. The summed E-state index contributed by atoms with van der Waals surface area (Å²) in [7, 11) is 0.